The fourth-order valence-electron chi connectivity index (χ4n) is 3.07. The molecule has 0 aromatic heterocycles. The van der Waals surface area contributed by atoms with Gasteiger partial charge in [0.2, 0.25) is 5.91 Å². The minimum atomic E-state index is -0.534. The second-order valence-corrected chi connectivity index (χ2v) is 7.19. The Morgan fingerprint density at radius 2 is 2.00 bits per heavy atom. The van der Waals surface area contributed by atoms with Crippen LogP contribution in [0.2, 0.25) is 5.02 Å². The summed E-state index contributed by atoms with van der Waals surface area (Å²) >= 11 is 6.07. The summed E-state index contributed by atoms with van der Waals surface area (Å²) in [6.07, 6.45) is 2.05. The van der Waals surface area contributed by atoms with Gasteiger partial charge in [0.25, 0.3) is 5.69 Å². The summed E-state index contributed by atoms with van der Waals surface area (Å²) in [6, 6.07) is 9.86. The molecule has 0 heterocycles. The van der Waals surface area contributed by atoms with Gasteiger partial charge in [0, 0.05) is 30.3 Å². The lowest BCUT2D eigenvalue weighted by Crippen LogP contribution is -2.34. The molecule has 1 fully saturated rings. The van der Waals surface area contributed by atoms with Gasteiger partial charge in [-0.25, -0.2) is 0 Å². The third-order valence-corrected chi connectivity index (χ3v) is 5.02. The molecule has 0 radical (unpaired) electrons. The molecule has 2 aromatic rings. The number of non-ortho nitro benzene ring substituents is 1. The number of hydrogen-bond acceptors (Lipinski definition) is 6. The molecule has 0 bridgehead atoms. The first-order valence-electron chi connectivity index (χ1n) is 9.10. The lowest BCUT2D eigenvalue weighted by atomic mass is 10.1. The first-order chi connectivity index (χ1) is 13.9. The lowest BCUT2D eigenvalue weighted by Gasteiger charge is -2.23. The molecule has 0 unspecified atom stereocenters. The van der Waals surface area contributed by atoms with E-state index in [1.807, 2.05) is 18.2 Å². The zero-order chi connectivity index (χ0) is 21.0. The molecule has 8 nitrogen and oxygen atoms in total. The third-order valence-electron chi connectivity index (χ3n) is 4.71. The van der Waals surface area contributed by atoms with Crippen LogP contribution in [0.1, 0.15) is 18.4 Å². The second-order valence-electron chi connectivity index (χ2n) is 6.78. The Morgan fingerprint density at radius 3 is 2.59 bits per heavy atom. The number of nitro benzene ring substituents is 1. The lowest BCUT2D eigenvalue weighted by molar-refractivity contribution is -0.384. The normalized spacial score (nSPS) is 13.2. The van der Waals surface area contributed by atoms with E-state index in [-0.39, 0.29) is 23.2 Å². The van der Waals surface area contributed by atoms with Gasteiger partial charge in [0.1, 0.15) is 11.5 Å². The van der Waals surface area contributed by atoms with Crippen LogP contribution in [0, 0.1) is 10.1 Å². The SMILES string of the molecule is COc1ccc(OC)c(CN(CC(=O)Nc2ccc([N+](=O)[O-])cc2Cl)C2CC2)c1. The summed E-state index contributed by atoms with van der Waals surface area (Å²) in [5.41, 5.74) is 1.15. The predicted octanol–water partition coefficient (Wildman–Crippen LogP) is 3.87. The number of amides is 1. The van der Waals surface area contributed by atoms with Gasteiger partial charge in [-0.1, -0.05) is 11.6 Å². The number of carbonyl (C=O) groups excluding carboxylic acids is 1. The van der Waals surface area contributed by atoms with Crippen molar-refractivity contribution in [3.8, 4) is 11.5 Å². The maximum atomic E-state index is 12.6. The topological polar surface area (TPSA) is 93.9 Å². The number of nitro groups is 1. The minimum absolute atomic E-state index is 0.125. The first-order valence-corrected chi connectivity index (χ1v) is 9.47. The van der Waals surface area contributed by atoms with E-state index in [1.54, 1.807) is 14.2 Å². The van der Waals surface area contributed by atoms with Crippen LogP contribution < -0.4 is 14.8 Å². The smallest absolute Gasteiger partial charge is 0.271 e. The fraction of sp³-hybridized carbons (Fsp3) is 0.350. The molecule has 1 N–H and O–H groups in total. The maximum Gasteiger partial charge on any atom is 0.271 e. The molecule has 1 aliphatic rings. The van der Waals surface area contributed by atoms with E-state index in [0.717, 1.165) is 29.9 Å². The summed E-state index contributed by atoms with van der Waals surface area (Å²) in [4.78, 5) is 25.0. The number of hydrogen-bond donors (Lipinski definition) is 1. The van der Waals surface area contributed by atoms with Crippen LogP contribution in [0.4, 0.5) is 11.4 Å². The van der Waals surface area contributed by atoms with Crippen LogP contribution in [-0.2, 0) is 11.3 Å². The molecule has 2 aromatic carbocycles. The van der Waals surface area contributed by atoms with Gasteiger partial charge < -0.3 is 14.8 Å². The number of benzene rings is 2. The summed E-state index contributed by atoms with van der Waals surface area (Å²) in [7, 11) is 3.21. The molecule has 1 aliphatic carbocycles. The van der Waals surface area contributed by atoms with Crippen molar-refractivity contribution in [2.24, 2.45) is 0 Å². The van der Waals surface area contributed by atoms with Crippen molar-refractivity contribution >= 4 is 28.9 Å². The van der Waals surface area contributed by atoms with Gasteiger partial charge >= 0.3 is 0 Å². The number of rotatable bonds is 9. The molecule has 0 aliphatic heterocycles. The Labute approximate surface area is 173 Å². The standard InChI is InChI=1S/C20H22ClN3O5/c1-28-16-6-8-19(29-2)13(9-16)11-23(14-3-4-14)12-20(25)22-18-7-5-15(24(26)27)10-17(18)21/h5-10,14H,3-4,11-12H2,1-2H3,(H,22,25). The third kappa shape index (κ3) is 5.36. The molecule has 0 spiro atoms. The molecule has 9 heteroatoms. The molecule has 0 saturated heterocycles. The van der Waals surface area contributed by atoms with E-state index in [2.05, 4.69) is 10.2 Å². The van der Waals surface area contributed by atoms with Gasteiger partial charge in [-0.2, -0.15) is 0 Å². The van der Waals surface area contributed by atoms with Crippen molar-refractivity contribution in [3.05, 3.63) is 57.1 Å². The van der Waals surface area contributed by atoms with E-state index < -0.39 is 4.92 Å². The number of nitrogens with one attached hydrogen (secondary N) is 1. The van der Waals surface area contributed by atoms with Crippen molar-refractivity contribution in [2.75, 3.05) is 26.1 Å². The zero-order valence-corrected chi connectivity index (χ0v) is 16.9. The van der Waals surface area contributed by atoms with Gasteiger partial charge in [-0.15, -0.1) is 0 Å². The highest BCUT2D eigenvalue weighted by Gasteiger charge is 2.31. The van der Waals surface area contributed by atoms with E-state index in [1.165, 1.54) is 18.2 Å². The van der Waals surface area contributed by atoms with Crippen LogP contribution >= 0.6 is 11.6 Å². The molecular formula is C20H22ClN3O5. The average molecular weight is 420 g/mol. The molecule has 154 valence electrons. The van der Waals surface area contributed by atoms with Crippen molar-refractivity contribution in [3.63, 3.8) is 0 Å². The summed E-state index contributed by atoms with van der Waals surface area (Å²) < 4.78 is 10.7. The van der Waals surface area contributed by atoms with Gasteiger partial charge in [0.05, 0.1) is 36.4 Å². The van der Waals surface area contributed by atoms with Crippen molar-refractivity contribution in [1.29, 1.82) is 0 Å². The monoisotopic (exact) mass is 419 g/mol. The summed E-state index contributed by atoms with van der Waals surface area (Å²) in [6.45, 7) is 0.699. The number of carbonyl (C=O) groups is 1. The van der Waals surface area contributed by atoms with Crippen LogP contribution in [0.5, 0.6) is 11.5 Å². The minimum Gasteiger partial charge on any atom is -0.497 e. The highest BCUT2D eigenvalue weighted by Crippen LogP contribution is 2.32. The van der Waals surface area contributed by atoms with Crippen LogP contribution in [0.15, 0.2) is 36.4 Å². The van der Waals surface area contributed by atoms with Crippen molar-refractivity contribution in [1.82, 2.24) is 4.90 Å². The average Bonchev–Trinajstić information content (AvgIpc) is 3.54. The number of nitrogens with zero attached hydrogens (tertiary/aromatic N) is 2. The number of ether oxygens (including phenoxy) is 2. The molecule has 29 heavy (non-hydrogen) atoms. The van der Waals surface area contributed by atoms with Gasteiger partial charge in [0.15, 0.2) is 0 Å². The Kier molecular flexibility index (Phi) is 6.56. The quantitative estimate of drug-likeness (QED) is 0.489. The number of methoxy groups -OCH3 is 2. The Morgan fingerprint density at radius 1 is 1.24 bits per heavy atom. The van der Waals surface area contributed by atoms with Crippen LogP contribution in [-0.4, -0.2) is 42.5 Å². The number of halogens is 1. The van der Waals surface area contributed by atoms with Crippen LogP contribution in [0.3, 0.4) is 0 Å². The van der Waals surface area contributed by atoms with E-state index in [0.29, 0.717) is 18.3 Å². The van der Waals surface area contributed by atoms with Crippen molar-refractivity contribution < 1.29 is 19.2 Å². The number of anilines is 1. The second kappa shape index (κ2) is 9.11. The molecular weight excluding hydrogens is 398 g/mol. The van der Waals surface area contributed by atoms with E-state index in [9.17, 15) is 14.9 Å². The van der Waals surface area contributed by atoms with E-state index in [4.69, 9.17) is 21.1 Å². The highest BCUT2D eigenvalue weighted by molar-refractivity contribution is 6.34. The van der Waals surface area contributed by atoms with Crippen LogP contribution in [0.25, 0.3) is 0 Å². The largest absolute Gasteiger partial charge is 0.497 e. The summed E-state index contributed by atoms with van der Waals surface area (Å²) in [5, 5.41) is 13.7. The first kappa shape index (κ1) is 20.9. The molecule has 1 amide bonds. The summed E-state index contributed by atoms with van der Waals surface area (Å²) in [5.74, 6) is 1.21. The van der Waals surface area contributed by atoms with Crippen molar-refractivity contribution in [2.45, 2.75) is 25.4 Å². The zero-order valence-electron chi connectivity index (χ0n) is 16.2. The van der Waals surface area contributed by atoms with E-state index >= 15 is 0 Å². The Hall–Kier alpha value is -2.84. The Balaban J connectivity index is 1.70. The van der Waals surface area contributed by atoms with Gasteiger partial charge in [-0.05, 0) is 37.1 Å². The van der Waals surface area contributed by atoms with Gasteiger partial charge in [-0.3, -0.25) is 19.8 Å². The predicted molar refractivity (Wildman–Crippen MR) is 110 cm³/mol. The molecule has 3 rings (SSSR count). The maximum absolute atomic E-state index is 12.6. The Bertz CT molecular complexity index is 917. The highest BCUT2D eigenvalue weighted by atomic mass is 35.5. The molecule has 0 atom stereocenters. The molecule has 1 saturated carbocycles. The fourth-order valence-corrected chi connectivity index (χ4v) is 3.29.